The Morgan fingerprint density at radius 3 is 2.58 bits per heavy atom. The summed E-state index contributed by atoms with van der Waals surface area (Å²) in [5.74, 6) is 0.471. The summed E-state index contributed by atoms with van der Waals surface area (Å²) in [4.78, 5) is 29.6. The number of methoxy groups -OCH3 is 1. The van der Waals surface area contributed by atoms with Gasteiger partial charge in [0.1, 0.15) is 17.0 Å². The molecule has 1 saturated carbocycles. The van der Waals surface area contributed by atoms with E-state index in [9.17, 15) is 9.59 Å². The number of para-hydroxylation sites is 1. The summed E-state index contributed by atoms with van der Waals surface area (Å²) >= 11 is 0. The molecule has 1 aliphatic carbocycles. The number of hydrogen-bond donors (Lipinski definition) is 1. The van der Waals surface area contributed by atoms with Crippen LogP contribution in [0.5, 0.6) is 5.75 Å². The van der Waals surface area contributed by atoms with Crippen LogP contribution in [-0.2, 0) is 11.3 Å². The number of nitrogens with zero attached hydrogens (tertiary/aromatic N) is 2. The summed E-state index contributed by atoms with van der Waals surface area (Å²) in [5.41, 5.74) is 2.16. The van der Waals surface area contributed by atoms with Crippen LogP contribution in [0.4, 0.5) is 5.69 Å². The number of hydrogen-bond acceptors (Lipinski definition) is 3. The number of fused-ring (bicyclic) bond motifs is 3. The topological polar surface area (TPSA) is 63.6 Å². The first kappa shape index (κ1) is 21.6. The highest BCUT2D eigenvalue weighted by atomic mass is 16.5. The zero-order chi connectivity index (χ0) is 23.2. The van der Waals surface area contributed by atoms with Gasteiger partial charge in [-0.25, -0.2) is 0 Å². The van der Waals surface area contributed by atoms with Gasteiger partial charge in [0.05, 0.1) is 19.2 Å². The van der Waals surface area contributed by atoms with Gasteiger partial charge in [0.2, 0.25) is 5.91 Å². The van der Waals surface area contributed by atoms with Crippen molar-refractivity contribution in [3.05, 3.63) is 59.8 Å². The highest BCUT2D eigenvalue weighted by Gasteiger charge is 2.49. The van der Waals surface area contributed by atoms with Crippen molar-refractivity contribution in [2.24, 2.45) is 0 Å². The molecule has 5 rings (SSSR count). The number of aromatic nitrogens is 1. The number of carbonyl (C=O) groups is 2. The molecule has 2 aromatic carbocycles. The molecule has 0 unspecified atom stereocenters. The lowest BCUT2D eigenvalue weighted by molar-refractivity contribution is -0.127. The van der Waals surface area contributed by atoms with Gasteiger partial charge in [-0.05, 0) is 56.5 Å². The maximum absolute atomic E-state index is 14.0. The Balaban J connectivity index is 1.64. The average molecular weight is 446 g/mol. The SMILES string of the molecule is COc1ccc2cc3n(c2c1)C[C@](C)(C(=O)NC1CCCCC1)N(c1ccccc1C)C3=O. The van der Waals surface area contributed by atoms with E-state index < -0.39 is 5.54 Å². The summed E-state index contributed by atoms with van der Waals surface area (Å²) in [6.07, 6.45) is 5.48. The van der Waals surface area contributed by atoms with E-state index in [4.69, 9.17) is 4.74 Å². The molecular weight excluding hydrogens is 414 g/mol. The molecule has 2 amide bonds. The third kappa shape index (κ3) is 3.58. The Hall–Kier alpha value is -3.28. The second-order valence-corrected chi connectivity index (χ2v) is 9.55. The lowest BCUT2D eigenvalue weighted by atomic mass is 9.90. The predicted octanol–water partition coefficient (Wildman–Crippen LogP) is 4.83. The molecule has 6 heteroatoms. The molecule has 0 spiro atoms. The minimum Gasteiger partial charge on any atom is -0.497 e. The number of carbonyl (C=O) groups excluding carboxylic acids is 2. The fourth-order valence-electron chi connectivity index (χ4n) is 5.38. The summed E-state index contributed by atoms with van der Waals surface area (Å²) in [5, 5.41) is 4.25. The molecule has 0 bridgehead atoms. The van der Waals surface area contributed by atoms with E-state index in [1.807, 2.05) is 66.9 Å². The normalized spacial score (nSPS) is 21.2. The van der Waals surface area contributed by atoms with Gasteiger partial charge >= 0.3 is 0 Å². The Morgan fingerprint density at radius 2 is 1.85 bits per heavy atom. The van der Waals surface area contributed by atoms with E-state index in [-0.39, 0.29) is 17.9 Å². The molecule has 1 N–H and O–H groups in total. The zero-order valence-electron chi connectivity index (χ0n) is 19.6. The smallest absolute Gasteiger partial charge is 0.275 e. The number of benzene rings is 2. The molecule has 3 aromatic rings. The van der Waals surface area contributed by atoms with Crippen LogP contribution in [0.15, 0.2) is 48.5 Å². The first-order valence-corrected chi connectivity index (χ1v) is 11.8. The summed E-state index contributed by atoms with van der Waals surface area (Å²) in [7, 11) is 1.63. The van der Waals surface area contributed by atoms with E-state index in [0.717, 1.165) is 53.6 Å². The van der Waals surface area contributed by atoms with Crippen molar-refractivity contribution in [1.82, 2.24) is 9.88 Å². The van der Waals surface area contributed by atoms with Crippen molar-refractivity contribution in [3.63, 3.8) is 0 Å². The lowest BCUT2D eigenvalue weighted by Gasteiger charge is -2.45. The Bertz CT molecular complexity index is 1220. The summed E-state index contributed by atoms with van der Waals surface area (Å²) < 4.78 is 7.41. The number of anilines is 1. The second kappa shape index (κ2) is 8.25. The predicted molar refractivity (Wildman–Crippen MR) is 130 cm³/mol. The highest BCUT2D eigenvalue weighted by Crippen LogP contribution is 2.38. The lowest BCUT2D eigenvalue weighted by Crippen LogP contribution is -2.65. The van der Waals surface area contributed by atoms with Gasteiger partial charge in [-0.1, -0.05) is 37.5 Å². The number of rotatable bonds is 4. The van der Waals surface area contributed by atoms with Crippen molar-refractivity contribution in [2.75, 3.05) is 12.0 Å². The van der Waals surface area contributed by atoms with Crippen molar-refractivity contribution in [2.45, 2.75) is 64.1 Å². The molecule has 1 fully saturated rings. The van der Waals surface area contributed by atoms with E-state index in [1.165, 1.54) is 6.42 Å². The van der Waals surface area contributed by atoms with Crippen LogP contribution in [0, 0.1) is 6.92 Å². The average Bonchev–Trinajstić information content (AvgIpc) is 3.18. The third-order valence-corrected chi connectivity index (χ3v) is 7.28. The maximum Gasteiger partial charge on any atom is 0.275 e. The van der Waals surface area contributed by atoms with Crippen molar-refractivity contribution < 1.29 is 14.3 Å². The van der Waals surface area contributed by atoms with Gasteiger partial charge in [-0.2, -0.15) is 0 Å². The molecule has 1 atom stereocenters. The molecule has 33 heavy (non-hydrogen) atoms. The minimum atomic E-state index is -1.07. The Kier molecular flexibility index (Phi) is 5.39. The molecule has 2 heterocycles. The Labute approximate surface area is 194 Å². The molecule has 172 valence electrons. The monoisotopic (exact) mass is 445 g/mol. The van der Waals surface area contributed by atoms with Gasteiger partial charge in [0.15, 0.2) is 0 Å². The first-order valence-electron chi connectivity index (χ1n) is 11.8. The van der Waals surface area contributed by atoms with Gasteiger partial charge < -0.3 is 14.6 Å². The van der Waals surface area contributed by atoms with Crippen LogP contribution in [0.3, 0.4) is 0 Å². The number of ether oxygens (including phenoxy) is 1. The molecule has 2 aliphatic rings. The van der Waals surface area contributed by atoms with Gasteiger partial charge in [0.25, 0.3) is 5.91 Å². The van der Waals surface area contributed by atoms with Crippen LogP contribution in [0.25, 0.3) is 10.9 Å². The molecule has 1 aliphatic heterocycles. The summed E-state index contributed by atoms with van der Waals surface area (Å²) in [6, 6.07) is 15.7. The quantitative estimate of drug-likeness (QED) is 0.626. The molecule has 6 nitrogen and oxygen atoms in total. The largest absolute Gasteiger partial charge is 0.497 e. The Morgan fingerprint density at radius 1 is 1.09 bits per heavy atom. The molecule has 0 radical (unpaired) electrons. The van der Waals surface area contributed by atoms with Crippen LogP contribution >= 0.6 is 0 Å². The third-order valence-electron chi connectivity index (χ3n) is 7.28. The standard InChI is InChI=1S/C27H31N3O3/c1-18-9-7-8-12-22(18)30-25(31)24-15-19-13-14-21(33-3)16-23(19)29(24)17-27(30,2)26(32)28-20-10-5-4-6-11-20/h7-9,12-16,20H,4-6,10-11,17H2,1-3H3,(H,28,32)/t27-/m1/s1. The number of amides is 2. The molecule has 1 aromatic heterocycles. The van der Waals surface area contributed by atoms with Crippen molar-refractivity contribution in [3.8, 4) is 5.75 Å². The van der Waals surface area contributed by atoms with E-state index in [2.05, 4.69) is 5.32 Å². The van der Waals surface area contributed by atoms with Crippen LogP contribution < -0.4 is 15.0 Å². The zero-order valence-corrected chi connectivity index (χ0v) is 19.6. The van der Waals surface area contributed by atoms with E-state index >= 15 is 0 Å². The van der Waals surface area contributed by atoms with Gasteiger partial charge in [-0.15, -0.1) is 0 Å². The van der Waals surface area contributed by atoms with Crippen LogP contribution in [0.2, 0.25) is 0 Å². The van der Waals surface area contributed by atoms with E-state index in [1.54, 1.807) is 12.0 Å². The number of nitrogens with one attached hydrogen (secondary N) is 1. The minimum absolute atomic E-state index is 0.0959. The van der Waals surface area contributed by atoms with Crippen LogP contribution in [-0.4, -0.2) is 35.1 Å². The van der Waals surface area contributed by atoms with Crippen molar-refractivity contribution >= 4 is 28.4 Å². The number of aryl methyl sites for hydroxylation is 1. The summed E-state index contributed by atoms with van der Waals surface area (Å²) in [6.45, 7) is 4.25. The maximum atomic E-state index is 14.0. The van der Waals surface area contributed by atoms with Crippen molar-refractivity contribution in [1.29, 1.82) is 0 Å². The van der Waals surface area contributed by atoms with Crippen LogP contribution in [0.1, 0.15) is 55.1 Å². The molecule has 0 saturated heterocycles. The van der Waals surface area contributed by atoms with E-state index in [0.29, 0.717) is 12.2 Å². The fourth-order valence-corrected chi connectivity index (χ4v) is 5.38. The fraction of sp³-hybridized carbons (Fsp3) is 0.407. The van der Waals surface area contributed by atoms with Gasteiger partial charge in [0, 0.05) is 23.2 Å². The highest BCUT2D eigenvalue weighted by molar-refractivity contribution is 6.14. The molecular formula is C27H31N3O3. The second-order valence-electron chi connectivity index (χ2n) is 9.55. The van der Waals surface area contributed by atoms with Gasteiger partial charge in [-0.3, -0.25) is 14.5 Å². The first-order chi connectivity index (χ1) is 15.9.